The molecule has 4 aliphatic rings. The number of fused-ring (bicyclic) bond motifs is 5. The summed E-state index contributed by atoms with van der Waals surface area (Å²) >= 11 is 0. The van der Waals surface area contributed by atoms with Gasteiger partial charge in [-0.3, -0.25) is 4.79 Å². The van der Waals surface area contributed by atoms with E-state index in [0.717, 1.165) is 50.4 Å². The number of Topliss-reactive ketones (excluding diaryl/α,β-unsaturated/α-hetero) is 1. The summed E-state index contributed by atoms with van der Waals surface area (Å²) in [5.41, 5.74) is 1.17. The number of aliphatic hydroxyl groups is 1. The summed E-state index contributed by atoms with van der Waals surface area (Å²) in [4.78, 5) is 12.4. The molecule has 0 amide bonds. The normalized spacial score (nSPS) is 54.3. The van der Waals surface area contributed by atoms with Crippen LogP contribution in [0.1, 0.15) is 72.1 Å². The fraction of sp³-hybridized carbons (Fsp3) is 0.850. The third-order valence-corrected chi connectivity index (χ3v) is 8.08. The highest BCUT2D eigenvalue weighted by atomic mass is 16.3. The monoisotopic (exact) mass is 302 g/mol. The van der Waals surface area contributed by atoms with Crippen LogP contribution in [0.2, 0.25) is 0 Å². The van der Waals surface area contributed by atoms with Crippen LogP contribution in [0.4, 0.5) is 0 Å². The third kappa shape index (κ3) is 1.85. The van der Waals surface area contributed by atoms with Crippen molar-refractivity contribution in [2.24, 2.45) is 28.6 Å². The van der Waals surface area contributed by atoms with Crippen molar-refractivity contribution in [3.05, 3.63) is 11.6 Å². The number of rotatable bonds is 0. The van der Waals surface area contributed by atoms with Crippen LogP contribution < -0.4 is 0 Å². The lowest BCUT2D eigenvalue weighted by Crippen LogP contribution is -2.51. The smallest absolute Gasteiger partial charge is 0.139 e. The summed E-state index contributed by atoms with van der Waals surface area (Å²) < 4.78 is 0. The van der Waals surface area contributed by atoms with Gasteiger partial charge < -0.3 is 5.11 Å². The Kier molecular flexibility index (Phi) is 3.03. The topological polar surface area (TPSA) is 37.3 Å². The maximum atomic E-state index is 12.4. The summed E-state index contributed by atoms with van der Waals surface area (Å²) in [5, 5.41) is 10.4. The third-order valence-electron chi connectivity index (χ3n) is 8.08. The minimum absolute atomic E-state index is 0.0150. The Balaban J connectivity index is 1.69. The number of allylic oxidation sites excluding steroid dienone is 1. The van der Waals surface area contributed by atoms with Gasteiger partial charge in [0.2, 0.25) is 0 Å². The zero-order valence-electron chi connectivity index (χ0n) is 14.3. The van der Waals surface area contributed by atoms with E-state index < -0.39 is 5.60 Å². The molecule has 3 fully saturated rings. The van der Waals surface area contributed by atoms with Crippen LogP contribution in [0.25, 0.3) is 0 Å². The zero-order chi connectivity index (χ0) is 15.8. The van der Waals surface area contributed by atoms with E-state index in [0.29, 0.717) is 11.7 Å². The summed E-state index contributed by atoms with van der Waals surface area (Å²) in [7, 11) is 0. The average Bonchev–Trinajstić information content (AvgIpc) is 2.76. The molecule has 22 heavy (non-hydrogen) atoms. The largest absolute Gasteiger partial charge is 0.386 e. The van der Waals surface area contributed by atoms with Gasteiger partial charge in [-0.25, -0.2) is 0 Å². The summed E-state index contributed by atoms with van der Waals surface area (Å²) in [6, 6.07) is 0. The molecule has 0 bridgehead atoms. The first-order valence-corrected chi connectivity index (χ1v) is 9.24. The van der Waals surface area contributed by atoms with Gasteiger partial charge in [-0.1, -0.05) is 25.5 Å². The number of hydrogen-bond acceptors (Lipinski definition) is 2. The molecule has 4 rings (SSSR count). The van der Waals surface area contributed by atoms with Gasteiger partial charge in [0.05, 0.1) is 5.60 Å². The van der Waals surface area contributed by atoms with Crippen molar-refractivity contribution in [2.75, 3.05) is 0 Å². The first-order valence-electron chi connectivity index (χ1n) is 9.24. The van der Waals surface area contributed by atoms with Gasteiger partial charge in [0, 0.05) is 11.8 Å². The van der Waals surface area contributed by atoms with E-state index in [2.05, 4.69) is 19.9 Å². The maximum Gasteiger partial charge on any atom is 0.139 e. The molecule has 0 aromatic carbocycles. The van der Waals surface area contributed by atoms with Crippen LogP contribution in [-0.4, -0.2) is 16.5 Å². The minimum Gasteiger partial charge on any atom is -0.386 e. The van der Waals surface area contributed by atoms with Gasteiger partial charge in [-0.2, -0.15) is 0 Å². The summed E-state index contributed by atoms with van der Waals surface area (Å²) in [5.74, 6) is 2.62. The lowest BCUT2D eigenvalue weighted by atomic mass is 9.47. The first kappa shape index (κ1) is 14.9. The van der Waals surface area contributed by atoms with E-state index in [9.17, 15) is 9.90 Å². The standard InChI is InChI=1S/C20H30O2/c1-18(22)10-11-19(2)13(12-18)4-5-14-15-6-7-17(21)20(15,3)9-8-16(14)19/h12,14-16,22H,4-11H2,1-3H3/t14-,15-,16-,18?,19-,20-/m0/s1. The molecule has 1 N–H and O–H groups in total. The van der Waals surface area contributed by atoms with Gasteiger partial charge in [-0.15, -0.1) is 0 Å². The molecule has 2 heteroatoms. The molecule has 2 nitrogen and oxygen atoms in total. The predicted octanol–water partition coefficient (Wildman–Crippen LogP) is 4.27. The molecule has 0 saturated heterocycles. The fourth-order valence-corrected chi connectivity index (χ4v) is 6.64. The average molecular weight is 302 g/mol. The second kappa shape index (κ2) is 4.47. The second-order valence-corrected chi connectivity index (χ2v) is 9.28. The SMILES string of the molecule is CC1(O)C=C2CC[C@@H]3[C@H](CC[C@]4(C)C(=O)CC[C@@H]34)[C@@]2(C)CC1. The minimum atomic E-state index is -0.603. The van der Waals surface area contributed by atoms with Crippen molar-refractivity contribution in [3.63, 3.8) is 0 Å². The number of hydrogen-bond donors (Lipinski definition) is 1. The van der Waals surface area contributed by atoms with Crippen LogP contribution >= 0.6 is 0 Å². The van der Waals surface area contributed by atoms with Crippen molar-refractivity contribution in [3.8, 4) is 0 Å². The Morgan fingerprint density at radius 2 is 1.68 bits per heavy atom. The highest BCUT2D eigenvalue weighted by Crippen LogP contribution is 2.64. The van der Waals surface area contributed by atoms with Crippen LogP contribution in [0.15, 0.2) is 11.6 Å². The summed E-state index contributed by atoms with van der Waals surface area (Å²) in [6.45, 7) is 6.66. The molecule has 0 heterocycles. The fourth-order valence-electron chi connectivity index (χ4n) is 6.64. The highest BCUT2D eigenvalue weighted by Gasteiger charge is 2.59. The quantitative estimate of drug-likeness (QED) is 0.679. The van der Waals surface area contributed by atoms with E-state index in [1.54, 1.807) is 0 Å². The van der Waals surface area contributed by atoms with E-state index >= 15 is 0 Å². The molecular formula is C20H30O2. The van der Waals surface area contributed by atoms with E-state index in [-0.39, 0.29) is 10.8 Å². The predicted molar refractivity (Wildman–Crippen MR) is 87.3 cm³/mol. The Bertz CT molecular complexity index is 546. The van der Waals surface area contributed by atoms with Gasteiger partial charge in [0.1, 0.15) is 5.78 Å². The molecule has 3 saturated carbocycles. The molecule has 0 aromatic rings. The van der Waals surface area contributed by atoms with Gasteiger partial charge in [0.15, 0.2) is 0 Å². The molecule has 1 unspecified atom stereocenters. The molecule has 4 aliphatic carbocycles. The van der Waals surface area contributed by atoms with E-state index in [4.69, 9.17) is 0 Å². The molecule has 6 atom stereocenters. The lowest BCUT2D eigenvalue weighted by molar-refractivity contribution is -0.132. The van der Waals surface area contributed by atoms with Crippen LogP contribution in [-0.2, 0) is 4.79 Å². The van der Waals surface area contributed by atoms with Gasteiger partial charge in [-0.05, 0) is 75.0 Å². The van der Waals surface area contributed by atoms with Crippen LogP contribution in [0, 0.1) is 28.6 Å². The van der Waals surface area contributed by atoms with E-state index in [1.807, 2.05) is 6.92 Å². The Labute approximate surface area is 134 Å². The summed E-state index contributed by atoms with van der Waals surface area (Å²) in [6.07, 6.45) is 10.8. The van der Waals surface area contributed by atoms with Gasteiger partial charge >= 0.3 is 0 Å². The van der Waals surface area contributed by atoms with Crippen molar-refractivity contribution in [2.45, 2.75) is 77.7 Å². The maximum absolute atomic E-state index is 12.4. The first-order chi connectivity index (χ1) is 10.3. The highest BCUT2D eigenvalue weighted by molar-refractivity contribution is 5.87. The van der Waals surface area contributed by atoms with Crippen LogP contribution in [0.3, 0.4) is 0 Å². The van der Waals surface area contributed by atoms with E-state index in [1.165, 1.54) is 18.4 Å². The van der Waals surface area contributed by atoms with Gasteiger partial charge in [0.25, 0.3) is 0 Å². The molecule has 0 spiro atoms. The number of carbonyl (C=O) groups is 1. The molecule has 0 radical (unpaired) electrons. The number of ketones is 1. The van der Waals surface area contributed by atoms with Crippen molar-refractivity contribution >= 4 is 5.78 Å². The van der Waals surface area contributed by atoms with Crippen molar-refractivity contribution in [1.29, 1.82) is 0 Å². The Morgan fingerprint density at radius 3 is 2.45 bits per heavy atom. The lowest BCUT2D eigenvalue weighted by Gasteiger charge is -2.58. The van der Waals surface area contributed by atoms with Crippen LogP contribution in [0.5, 0.6) is 0 Å². The second-order valence-electron chi connectivity index (χ2n) is 9.28. The Morgan fingerprint density at radius 1 is 0.955 bits per heavy atom. The Hall–Kier alpha value is -0.630. The molecule has 122 valence electrons. The molecule has 0 aromatic heterocycles. The molecule has 0 aliphatic heterocycles. The zero-order valence-corrected chi connectivity index (χ0v) is 14.3. The van der Waals surface area contributed by atoms with Crippen molar-refractivity contribution in [1.82, 2.24) is 0 Å². The van der Waals surface area contributed by atoms with Crippen molar-refractivity contribution < 1.29 is 9.90 Å². The molecular weight excluding hydrogens is 272 g/mol. The number of carbonyl (C=O) groups excluding carboxylic acids is 1.